The van der Waals surface area contributed by atoms with Gasteiger partial charge in [0.05, 0.1) is 11.3 Å². The summed E-state index contributed by atoms with van der Waals surface area (Å²) in [5, 5.41) is 1.16. The monoisotopic (exact) mass is 438 g/mol. The summed E-state index contributed by atoms with van der Waals surface area (Å²) in [5.74, 6) is -1.45. The van der Waals surface area contributed by atoms with Gasteiger partial charge in [0, 0.05) is 46.2 Å². The number of hydrazine groups is 1. The molecule has 2 aromatic carbocycles. The number of anilines is 2. The van der Waals surface area contributed by atoms with E-state index >= 15 is 0 Å². The fraction of sp³-hybridized carbons (Fsp3) is 0.304. The van der Waals surface area contributed by atoms with E-state index in [4.69, 9.17) is 4.74 Å². The van der Waals surface area contributed by atoms with Crippen molar-refractivity contribution in [3.8, 4) is 0 Å². The van der Waals surface area contributed by atoms with Gasteiger partial charge in [-0.05, 0) is 42.0 Å². The number of likely N-dealkylation sites (N-methyl/N-ethyl adjacent to an activating group) is 1. The number of ether oxygens (including phenoxy) is 1. The van der Waals surface area contributed by atoms with Crippen molar-refractivity contribution in [3.05, 3.63) is 59.7 Å². The minimum Gasteiger partial charge on any atom is -0.452 e. The minimum atomic E-state index is -0.650. The van der Waals surface area contributed by atoms with Crippen molar-refractivity contribution in [1.82, 2.24) is 10.3 Å². The highest BCUT2D eigenvalue weighted by molar-refractivity contribution is 6.01. The number of carbonyl (C=O) groups is 4. The quantitative estimate of drug-likeness (QED) is 0.661. The van der Waals surface area contributed by atoms with Gasteiger partial charge in [-0.2, -0.15) is 0 Å². The molecule has 0 saturated carbocycles. The lowest BCUT2D eigenvalue weighted by atomic mass is 10.2. The predicted molar refractivity (Wildman–Crippen MR) is 119 cm³/mol. The van der Waals surface area contributed by atoms with Crippen molar-refractivity contribution in [3.63, 3.8) is 0 Å². The predicted octanol–water partition coefficient (Wildman–Crippen LogP) is 1.73. The molecule has 2 aromatic rings. The van der Waals surface area contributed by atoms with Crippen LogP contribution in [-0.2, 0) is 25.7 Å². The first kappa shape index (κ1) is 22.8. The van der Waals surface area contributed by atoms with Gasteiger partial charge in [-0.1, -0.05) is 12.1 Å². The second-order valence-electron chi connectivity index (χ2n) is 7.70. The van der Waals surface area contributed by atoms with Gasteiger partial charge in [0.25, 0.3) is 5.91 Å². The van der Waals surface area contributed by atoms with E-state index < -0.39 is 5.97 Å². The summed E-state index contributed by atoms with van der Waals surface area (Å²) in [6, 6.07) is 13.9. The van der Waals surface area contributed by atoms with Gasteiger partial charge in [0.1, 0.15) is 0 Å². The van der Waals surface area contributed by atoms with Crippen molar-refractivity contribution in [2.24, 2.45) is 0 Å². The molecule has 1 N–H and O–H groups in total. The normalized spacial score (nSPS) is 13.4. The van der Waals surface area contributed by atoms with Gasteiger partial charge >= 0.3 is 5.97 Å². The third-order valence-electron chi connectivity index (χ3n) is 5.04. The number of hydrogen-bond donors (Lipinski definition) is 1. The van der Waals surface area contributed by atoms with Crippen LogP contribution in [-0.4, -0.2) is 56.3 Å². The molecule has 9 nitrogen and oxygen atoms in total. The lowest BCUT2D eigenvalue weighted by Gasteiger charge is -2.27. The molecule has 0 atom stereocenters. The zero-order valence-corrected chi connectivity index (χ0v) is 18.3. The standard InChI is InChI=1S/C23H26N4O5/c1-25(2)18-8-4-16(5-9-18)14-26(3)22(30)15-32-23(31)17-6-10-19(11-7-17)27-21(29)13-12-20(28)24-27/h4-11H,12-15H2,1-3H3,(H,24,28). The smallest absolute Gasteiger partial charge is 0.338 e. The van der Waals surface area contributed by atoms with Crippen molar-refractivity contribution in [2.45, 2.75) is 19.4 Å². The average molecular weight is 438 g/mol. The Morgan fingerprint density at radius 3 is 2.25 bits per heavy atom. The molecule has 0 radical (unpaired) electrons. The molecule has 1 heterocycles. The first-order valence-electron chi connectivity index (χ1n) is 10.1. The number of hydrogen-bond acceptors (Lipinski definition) is 6. The Hall–Kier alpha value is -3.88. The summed E-state index contributed by atoms with van der Waals surface area (Å²) in [5.41, 5.74) is 5.19. The Bertz CT molecular complexity index is 1000. The van der Waals surface area contributed by atoms with E-state index in [-0.39, 0.29) is 42.7 Å². The number of amides is 3. The second-order valence-corrected chi connectivity index (χ2v) is 7.70. The van der Waals surface area contributed by atoms with Crippen LogP contribution in [0, 0.1) is 0 Å². The molecule has 1 aliphatic heterocycles. The Labute approximate surface area is 186 Å². The van der Waals surface area contributed by atoms with Crippen LogP contribution in [0.2, 0.25) is 0 Å². The van der Waals surface area contributed by atoms with Crippen LogP contribution >= 0.6 is 0 Å². The first-order chi connectivity index (χ1) is 15.2. The highest BCUT2D eigenvalue weighted by Crippen LogP contribution is 2.18. The Morgan fingerprint density at radius 2 is 1.62 bits per heavy atom. The number of esters is 1. The maximum atomic E-state index is 12.3. The summed E-state index contributed by atoms with van der Waals surface area (Å²) in [4.78, 5) is 51.6. The van der Waals surface area contributed by atoms with E-state index in [2.05, 4.69) is 5.43 Å². The third-order valence-corrected chi connectivity index (χ3v) is 5.04. The molecule has 1 aliphatic rings. The van der Waals surface area contributed by atoms with E-state index in [1.165, 1.54) is 29.2 Å². The van der Waals surface area contributed by atoms with Crippen LogP contribution in [0.25, 0.3) is 0 Å². The summed E-state index contributed by atoms with van der Waals surface area (Å²) in [6.07, 6.45) is 0.286. The second kappa shape index (κ2) is 9.95. The number of nitrogens with zero attached hydrogens (tertiary/aromatic N) is 3. The van der Waals surface area contributed by atoms with Crippen LogP contribution in [0.1, 0.15) is 28.8 Å². The molecular formula is C23H26N4O5. The fourth-order valence-corrected chi connectivity index (χ4v) is 3.11. The molecule has 0 spiro atoms. The first-order valence-corrected chi connectivity index (χ1v) is 10.1. The zero-order chi connectivity index (χ0) is 23.3. The van der Waals surface area contributed by atoms with E-state index in [0.717, 1.165) is 16.3 Å². The van der Waals surface area contributed by atoms with E-state index in [1.807, 2.05) is 43.3 Å². The van der Waals surface area contributed by atoms with E-state index in [9.17, 15) is 19.2 Å². The highest BCUT2D eigenvalue weighted by atomic mass is 16.5. The van der Waals surface area contributed by atoms with E-state index in [1.54, 1.807) is 7.05 Å². The largest absolute Gasteiger partial charge is 0.452 e. The summed E-state index contributed by atoms with van der Waals surface area (Å²) < 4.78 is 5.14. The van der Waals surface area contributed by atoms with Crippen LogP contribution in [0.5, 0.6) is 0 Å². The average Bonchev–Trinajstić information content (AvgIpc) is 2.79. The molecule has 0 aromatic heterocycles. The summed E-state index contributed by atoms with van der Waals surface area (Å²) in [6.45, 7) is 0.0158. The summed E-state index contributed by atoms with van der Waals surface area (Å²) >= 11 is 0. The molecule has 0 aliphatic carbocycles. The lowest BCUT2D eigenvalue weighted by molar-refractivity contribution is -0.133. The molecule has 32 heavy (non-hydrogen) atoms. The number of carbonyl (C=O) groups excluding carboxylic acids is 4. The van der Waals surface area contributed by atoms with Gasteiger partial charge in [0.15, 0.2) is 6.61 Å². The molecular weight excluding hydrogens is 412 g/mol. The number of rotatable bonds is 7. The Kier molecular flexibility index (Phi) is 7.09. The zero-order valence-electron chi connectivity index (χ0n) is 18.3. The third kappa shape index (κ3) is 5.63. The molecule has 1 saturated heterocycles. The Morgan fingerprint density at radius 1 is 0.969 bits per heavy atom. The van der Waals surface area contributed by atoms with Gasteiger partial charge in [0.2, 0.25) is 11.8 Å². The maximum Gasteiger partial charge on any atom is 0.338 e. The highest BCUT2D eigenvalue weighted by Gasteiger charge is 2.24. The van der Waals surface area contributed by atoms with Crippen molar-refractivity contribution in [2.75, 3.05) is 37.7 Å². The number of benzene rings is 2. The number of nitrogens with one attached hydrogen (secondary N) is 1. The van der Waals surface area contributed by atoms with Crippen molar-refractivity contribution in [1.29, 1.82) is 0 Å². The van der Waals surface area contributed by atoms with Gasteiger partial charge in [-0.15, -0.1) is 0 Å². The topological polar surface area (TPSA) is 99.3 Å². The molecule has 168 valence electrons. The van der Waals surface area contributed by atoms with Crippen LogP contribution < -0.4 is 15.3 Å². The fourth-order valence-electron chi connectivity index (χ4n) is 3.11. The van der Waals surface area contributed by atoms with Crippen LogP contribution in [0.3, 0.4) is 0 Å². The molecule has 9 heteroatoms. The minimum absolute atomic E-state index is 0.130. The Balaban J connectivity index is 1.51. The molecule has 3 amide bonds. The van der Waals surface area contributed by atoms with Gasteiger partial charge < -0.3 is 14.5 Å². The SMILES string of the molecule is CN(Cc1ccc(N(C)C)cc1)C(=O)COC(=O)c1ccc(N2NC(=O)CCC2=O)cc1. The molecule has 3 rings (SSSR count). The molecule has 0 unspecified atom stereocenters. The molecule has 1 fully saturated rings. The van der Waals surface area contributed by atoms with Crippen LogP contribution in [0.4, 0.5) is 11.4 Å². The molecule has 0 bridgehead atoms. The van der Waals surface area contributed by atoms with Gasteiger partial charge in [-0.3, -0.25) is 19.8 Å². The maximum absolute atomic E-state index is 12.3. The van der Waals surface area contributed by atoms with Crippen molar-refractivity contribution >= 4 is 35.1 Å². The summed E-state index contributed by atoms with van der Waals surface area (Å²) in [7, 11) is 5.56. The van der Waals surface area contributed by atoms with Crippen LogP contribution in [0.15, 0.2) is 48.5 Å². The van der Waals surface area contributed by atoms with Crippen molar-refractivity contribution < 1.29 is 23.9 Å². The van der Waals surface area contributed by atoms with E-state index in [0.29, 0.717) is 12.2 Å². The van der Waals surface area contributed by atoms with Gasteiger partial charge in [-0.25, -0.2) is 9.80 Å². The lowest BCUT2D eigenvalue weighted by Crippen LogP contribution is -2.50.